The highest BCUT2D eigenvalue weighted by Crippen LogP contribution is 2.22. The van der Waals surface area contributed by atoms with Gasteiger partial charge in [-0.2, -0.15) is 0 Å². The van der Waals surface area contributed by atoms with Gasteiger partial charge in [-0.05, 0) is 66.6 Å². The summed E-state index contributed by atoms with van der Waals surface area (Å²) in [6.45, 7) is 2.91. The van der Waals surface area contributed by atoms with E-state index in [0.29, 0.717) is 5.69 Å². The molecule has 0 saturated carbocycles. The van der Waals surface area contributed by atoms with Gasteiger partial charge in [0.15, 0.2) is 6.61 Å². The van der Waals surface area contributed by atoms with Gasteiger partial charge in [0.05, 0.1) is 19.6 Å². The number of carbonyl (C=O) groups is 2. The predicted octanol–water partition coefficient (Wildman–Crippen LogP) is 3.13. The molecule has 1 aliphatic heterocycles. The van der Waals surface area contributed by atoms with E-state index in [1.54, 1.807) is 0 Å². The number of amides is 1. The number of fused-ring (bicyclic) bond motifs is 1. The zero-order valence-corrected chi connectivity index (χ0v) is 17.2. The number of benzene rings is 2. The lowest BCUT2D eigenvalue weighted by Crippen LogP contribution is -2.36. The molecule has 0 radical (unpaired) electrons. The molecular weight excluding hydrogens is 380 g/mol. The van der Waals surface area contributed by atoms with Gasteiger partial charge in [-0.1, -0.05) is 18.2 Å². The molecule has 0 atom stereocenters. The molecule has 2 aromatic carbocycles. The second-order valence-corrected chi connectivity index (χ2v) is 7.84. The van der Waals surface area contributed by atoms with E-state index in [1.807, 2.05) is 30.3 Å². The van der Waals surface area contributed by atoms with E-state index in [-0.39, 0.29) is 24.9 Å². The molecule has 1 heterocycles. The molecule has 1 fully saturated rings. The summed E-state index contributed by atoms with van der Waals surface area (Å²) in [6, 6.07) is 13.9. The van der Waals surface area contributed by atoms with Crippen molar-refractivity contribution in [2.24, 2.45) is 0 Å². The number of rotatable bonds is 6. The van der Waals surface area contributed by atoms with Gasteiger partial charge in [0.25, 0.3) is 5.91 Å². The van der Waals surface area contributed by atoms with Gasteiger partial charge in [-0.3, -0.25) is 9.59 Å². The number of ether oxygens (including phenoxy) is 2. The Morgan fingerprint density at radius 2 is 1.70 bits per heavy atom. The van der Waals surface area contributed by atoms with Crippen LogP contribution in [0.15, 0.2) is 42.5 Å². The second kappa shape index (κ2) is 9.76. The second-order valence-electron chi connectivity index (χ2n) is 7.84. The zero-order valence-electron chi connectivity index (χ0n) is 17.2. The smallest absolute Gasteiger partial charge is 0.310 e. The van der Waals surface area contributed by atoms with Crippen molar-refractivity contribution in [2.45, 2.75) is 32.1 Å². The number of esters is 1. The monoisotopic (exact) mass is 408 g/mol. The lowest BCUT2D eigenvalue weighted by atomic mass is 9.90. The van der Waals surface area contributed by atoms with E-state index >= 15 is 0 Å². The first-order valence-electron chi connectivity index (χ1n) is 10.7. The highest BCUT2D eigenvalue weighted by Gasteiger charge is 2.14. The molecule has 1 N–H and O–H groups in total. The molecule has 6 nitrogen and oxygen atoms in total. The van der Waals surface area contributed by atoms with Crippen molar-refractivity contribution in [3.05, 3.63) is 59.2 Å². The highest BCUT2D eigenvalue weighted by atomic mass is 16.5. The van der Waals surface area contributed by atoms with Crippen molar-refractivity contribution in [1.82, 2.24) is 0 Å². The number of aryl methyl sites for hydroxylation is 2. The number of hydrogen-bond acceptors (Lipinski definition) is 5. The number of anilines is 2. The average molecular weight is 408 g/mol. The van der Waals surface area contributed by atoms with Crippen molar-refractivity contribution in [1.29, 1.82) is 0 Å². The van der Waals surface area contributed by atoms with Gasteiger partial charge in [0.1, 0.15) is 0 Å². The standard InChI is InChI=1S/C24H28N2O4/c27-23(25-21-7-9-22(10-8-21)26-11-13-29-14-12-26)17-30-24(28)16-18-5-6-19-3-1-2-4-20(19)15-18/h5-10,15H,1-4,11-14,16-17H2,(H,25,27). The van der Waals surface area contributed by atoms with Crippen LogP contribution in [0, 0.1) is 0 Å². The third-order valence-electron chi connectivity index (χ3n) is 5.65. The maximum atomic E-state index is 12.1. The third kappa shape index (κ3) is 5.39. The van der Waals surface area contributed by atoms with Crippen LogP contribution >= 0.6 is 0 Å². The van der Waals surface area contributed by atoms with E-state index in [2.05, 4.69) is 22.3 Å². The number of hydrogen-bond donors (Lipinski definition) is 1. The first kappa shape index (κ1) is 20.4. The summed E-state index contributed by atoms with van der Waals surface area (Å²) in [7, 11) is 0. The fourth-order valence-electron chi connectivity index (χ4n) is 4.03. The van der Waals surface area contributed by atoms with Crippen LogP contribution in [0.4, 0.5) is 11.4 Å². The molecule has 0 unspecified atom stereocenters. The van der Waals surface area contributed by atoms with E-state index in [9.17, 15) is 9.59 Å². The van der Waals surface area contributed by atoms with Gasteiger partial charge >= 0.3 is 5.97 Å². The molecule has 0 spiro atoms. The van der Waals surface area contributed by atoms with Gasteiger partial charge < -0.3 is 19.7 Å². The molecule has 1 amide bonds. The fourth-order valence-corrected chi connectivity index (χ4v) is 4.03. The Morgan fingerprint density at radius 3 is 2.47 bits per heavy atom. The van der Waals surface area contributed by atoms with E-state index in [4.69, 9.17) is 9.47 Å². The molecule has 6 heteroatoms. The van der Waals surface area contributed by atoms with Gasteiger partial charge in [0.2, 0.25) is 0 Å². The third-order valence-corrected chi connectivity index (χ3v) is 5.65. The summed E-state index contributed by atoms with van der Waals surface area (Å²) >= 11 is 0. The highest BCUT2D eigenvalue weighted by molar-refractivity contribution is 5.93. The van der Waals surface area contributed by atoms with E-state index in [0.717, 1.165) is 50.4 Å². The molecule has 4 rings (SSSR count). The van der Waals surface area contributed by atoms with Crippen LogP contribution in [0.1, 0.15) is 29.5 Å². The molecule has 1 aliphatic carbocycles. The topological polar surface area (TPSA) is 67.9 Å². The molecule has 0 aromatic heterocycles. The zero-order chi connectivity index (χ0) is 20.8. The number of nitrogens with zero attached hydrogens (tertiary/aromatic N) is 1. The fraction of sp³-hybridized carbons (Fsp3) is 0.417. The molecule has 158 valence electrons. The van der Waals surface area contributed by atoms with Crippen molar-refractivity contribution in [3.63, 3.8) is 0 Å². The van der Waals surface area contributed by atoms with Crippen LogP contribution in [0.2, 0.25) is 0 Å². The van der Waals surface area contributed by atoms with Crippen molar-refractivity contribution in [3.8, 4) is 0 Å². The van der Waals surface area contributed by atoms with Crippen molar-refractivity contribution >= 4 is 23.3 Å². The number of carbonyl (C=O) groups excluding carboxylic acids is 2. The van der Waals surface area contributed by atoms with Gasteiger partial charge in [0, 0.05) is 24.5 Å². The summed E-state index contributed by atoms with van der Waals surface area (Å²) in [5, 5.41) is 2.77. The molecule has 0 bridgehead atoms. The molecular formula is C24H28N2O4. The summed E-state index contributed by atoms with van der Waals surface area (Å²) in [5.74, 6) is -0.725. The van der Waals surface area contributed by atoms with Crippen LogP contribution in [0.5, 0.6) is 0 Å². The minimum absolute atomic E-state index is 0.189. The summed E-state index contributed by atoms with van der Waals surface area (Å²) < 4.78 is 10.5. The number of morpholine rings is 1. The molecule has 1 saturated heterocycles. The number of nitrogens with one attached hydrogen (secondary N) is 1. The van der Waals surface area contributed by atoms with Gasteiger partial charge in [-0.15, -0.1) is 0 Å². The van der Waals surface area contributed by atoms with Crippen LogP contribution in [-0.4, -0.2) is 44.8 Å². The van der Waals surface area contributed by atoms with Crippen LogP contribution < -0.4 is 10.2 Å². The lowest BCUT2D eigenvalue weighted by Gasteiger charge is -2.28. The summed E-state index contributed by atoms with van der Waals surface area (Å²) in [5.41, 5.74) is 5.46. The maximum Gasteiger partial charge on any atom is 0.310 e. The summed E-state index contributed by atoms with van der Waals surface area (Å²) in [4.78, 5) is 26.5. The largest absolute Gasteiger partial charge is 0.455 e. The Hall–Kier alpha value is -2.86. The van der Waals surface area contributed by atoms with Crippen LogP contribution in [0.25, 0.3) is 0 Å². The minimum atomic E-state index is -0.386. The van der Waals surface area contributed by atoms with E-state index in [1.165, 1.54) is 24.0 Å². The van der Waals surface area contributed by atoms with Crippen LogP contribution in [0.3, 0.4) is 0 Å². The Kier molecular flexibility index (Phi) is 6.64. The van der Waals surface area contributed by atoms with E-state index < -0.39 is 0 Å². The normalized spacial score (nSPS) is 15.9. The van der Waals surface area contributed by atoms with Crippen LogP contribution in [-0.2, 0) is 38.3 Å². The quantitative estimate of drug-likeness (QED) is 0.744. The molecule has 2 aliphatic rings. The predicted molar refractivity (Wildman–Crippen MR) is 116 cm³/mol. The maximum absolute atomic E-state index is 12.1. The molecule has 30 heavy (non-hydrogen) atoms. The van der Waals surface area contributed by atoms with Crippen molar-refractivity contribution in [2.75, 3.05) is 43.1 Å². The Morgan fingerprint density at radius 1 is 0.967 bits per heavy atom. The van der Waals surface area contributed by atoms with Gasteiger partial charge in [-0.25, -0.2) is 0 Å². The Bertz CT molecular complexity index is 889. The Balaban J connectivity index is 1.23. The molecule has 2 aromatic rings. The SMILES string of the molecule is O=C(COC(=O)Cc1ccc2c(c1)CCCC2)Nc1ccc(N2CCOCC2)cc1. The first-order chi connectivity index (χ1) is 14.7. The lowest BCUT2D eigenvalue weighted by molar-refractivity contribution is -0.146. The first-order valence-corrected chi connectivity index (χ1v) is 10.7. The summed E-state index contributed by atoms with van der Waals surface area (Å²) in [6.07, 6.45) is 4.82. The Labute approximate surface area is 177 Å². The minimum Gasteiger partial charge on any atom is -0.455 e. The van der Waals surface area contributed by atoms with Crippen molar-refractivity contribution < 1.29 is 19.1 Å². The average Bonchev–Trinajstić information content (AvgIpc) is 2.79.